The highest BCUT2D eigenvalue weighted by molar-refractivity contribution is 5.59. The number of hydrogen-bond acceptors (Lipinski definition) is 2. The SMILES string of the molecule is CCC1(C)Nc2cc(OC)ccc2CC1C. The molecule has 2 rings (SSSR count). The number of nitrogens with one attached hydrogen (secondary N) is 1. The smallest absolute Gasteiger partial charge is 0.120 e. The second-order valence-electron chi connectivity index (χ2n) is 5.02. The number of rotatable bonds is 2. The second-order valence-corrected chi connectivity index (χ2v) is 5.02. The van der Waals surface area contributed by atoms with Crippen molar-refractivity contribution >= 4 is 5.69 Å². The Labute approximate surface area is 98.0 Å². The van der Waals surface area contributed by atoms with E-state index >= 15 is 0 Å². The average molecular weight is 219 g/mol. The molecule has 0 saturated heterocycles. The summed E-state index contributed by atoms with van der Waals surface area (Å²) in [4.78, 5) is 0. The summed E-state index contributed by atoms with van der Waals surface area (Å²) < 4.78 is 5.27. The van der Waals surface area contributed by atoms with Crippen LogP contribution in [0.2, 0.25) is 0 Å². The van der Waals surface area contributed by atoms with Crippen LogP contribution >= 0.6 is 0 Å². The third-order valence-corrected chi connectivity index (χ3v) is 4.09. The molecule has 0 amide bonds. The van der Waals surface area contributed by atoms with Crippen LogP contribution in [0.4, 0.5) is 5.69 Å². The monoisotopic (exact) mass is 219 g/mol. The van der Waals surface area contributed by atoms with Crippen molar-refractivity contribution in [2.24, 2.45) is 5.92 Å². The van der Waals surface area contributed by atoms with Gasteiger partial charge in [0, 0.05) is 17.3 Å². The van der Waals surface area contributed by atoms with Crippen LogP contribution in [-0.4, -0.2) is 12.6 Å². The van der Waals surface area contributed by atoms with E-state index in [9.17, 15) is 0 Å². The van der Waals surface area contributed by atoms with Crippen LogP contribution in [0, 0.1) is 5.92 Å². The Morgan fingerprint density at radius 3 is 2.88 bits per heavy atom. The first-order valence-electron chi connectivity index (χ1n) is 6.04. The molecular formula is C14H21NO. The lowest BCUT2D eigenvalue weighted by atomic mass is 9.77. The van der Waals surface area contributed by atoms with Gasteiger partial charge in [0.15, 0.2) is 0 Å². The van der Waals surface area contributed by atoms with Gasteiger partial charge in [-0.1, -0.05) is 19.9 Å². The van der Waals surface area contributed by atoms with E-state index < -0.39 is 0 Å². The number of ether oxygens (including phenoxy) is 1. The van der Waals surface area contributed by atoms with E-state index in [-0.39, 0.29) is 5.54 Å². The molecule has 88 valence electrons. The summed E-state index contributed by atoms with van der Waals surface area (Å²) in [5, 5.41) is 3.67. The van der Waals surface area contributed by atoms with Crippen LogP contribution in [0.3, 0.4) is 0 Å². The van der Waals surface area contributed by atoms with Crippen molar-refractivity contribution in [2.45, 2.75) is 39.2 Å². The normalized spacial score (nSPS) is 28.1. The highest BCUT2D eigenvalue weighted by atomic mass is 16.5. The van der Waals surface area contributed by atoms with Gasteiger partial charge in [-0.15, -0.1) is 0 Å². The summed E-state index contributed by atoms with van der Waals surface area (Å²) in [6.07, 6.45) is 2.29. The largest absolute Gasteiger partial charge is 0.497 e. The summed E-state index contributed by atoms with van der Waals surface area (Å²) in [6, 6.07) is 6.32. The Hall–Kier alpha value is -1.18. The molecule has 0 fully saturated rings. The maximum atomic E-state index is 5.27. The second kappa shape index (κ2) is 4.00. The van der Waals surface area contributed by atoms with Crippen LogP contribution in [0.15, 0.2) is 18.2 Å². The molecule has 1 aromatic carbocycles. The molecule has 1 aliphatic heterocycles. The third-order valence-electron chi connectivity index (χ3n) is 4.09. The molecule has 1 N–H and O–H groups in total. The summed E-state index contributed by atoms with van der Waals surface area (Å²) >= 11 is 0. The zero-order valence-electron chi connectivity index (χ0n) is 10.6. The van der Waals surface area contributed by atoms with Crippen LogP contribution in [0.1, 0.15) is 32.8 Å². The molecule has 0 radical (unpaired) electrons. The van der Waals surface area contributed by atoms with Gasteiger partial charge in [0.2, 0.25) is 0 Å². The van der Waals surface area contributed by atoms with E-state index in [1.807, 2.05) is 6.07 Å². The van der Waals surface area contributed by atoms with Gasteiger partial charge in [0.05, 0.1) is 7.11 Å². The lowest BCUT2D eigenvalue weighted by molar-refractivity contribution is 0.322. The van der Waals surface area contributed by atoms with Gasteiger partial charge in [-0.05, 0) is 37.3 Å². The van der Waals surface area contributed by atoms with E-state index in [2.05, 4.69) is 38.2 Å². The summed E-state index contributed by atoms with van der Waals surface area (Å²) in [5.41, 5.74) is 2.85. The third kappa shape index (κ3) is 1.77. The topological polar surface area (TPSA) is 21.3 Å². The van der Waals surface area contributed by atoms with E-state index in [0.717, 1.165) is 18.6 Å². The molecule has 2 heteroatoms. The lowest BCUT2D eigenvalue weighted by Crippen LogP contribution is -2.45. The van der Waals surface area contributed by atoms with Gasteiger partial charge >= 0.3 is 0 Å². The van der Waals surface area contributed by atoms with Crippen LogP contribution in [-0.2, 0) is 6.42 Å². The van der Waals surface area contributed by atoms with E-state index in [1.165, 1.54) is 11.3 Å². The van der Waals surface area contributed by atoms with Crippen molar-refractivity contribution < 1.29 is 4.74 Å². The van der Waals surface area contributed by atoms with Crippen LogP contribution in [0.25, 0.3) is 0 Å². The van der Waals surface area contributed by atoms with Crippen molar-refractivity contribution in [3.8, 4) is 5.75 Å². The highest BCUT2D eigenvalue weighted by Gasteiger charge is 2.34. The summed E-state index contributed by atoms with van der Waals surface area (Å²) in [5.74, 6) is 1.60. The maximum Gasteiger partial charge on any atom is 0.120 e. The molecule has 1 aliphatic rings. The Kier molecular flexibility index (Phi) is 2.83. The summed E-state index contributed by atoms with van der Waals surface area (Å²) in [7, 11) is 1.71. The highest BCUT2D eigenvalue weighted by Crippen LogP contribution is 2.38. The molecule has 1 heterocycles. The van der Waals surface area contributed by atoms with Crippen LogP contribution in [0.5, 0.6) is 5.75 Å². The van der Waals surface area contributed by atoms with E-state index in [4.69, 9.17) is 4.74 Å². The Morgan fingerprint density at radius 1 is 1.50 bits per heavy atom. The van der Waals surface area contributed by atoms with Gasteiger partial charge in [0.25, 0.3) is 0 Å². The molecule has 0 saturated carbocycles. The fraction of sp³-hybridized carbons (Fsp3) is 0.571. The maximum absolute atomic E-state index is 5.27. The van der Waals surface area contributed by atoms with E-state index in [1.54, 1.807) is 7.11 Å². The quantitative estimate of drug-likeness (QED) is 0.822. The predicted octanol–water partition coefficient (Wildman–Crippen LogP) is 3.47. The van der Waals surface area contributed by atoms with Gasteiger partial charge in [-0.2, -0.15) is 0 Å². The van der Waals surface area contributed by atoms with Gasteiger partial charge in [0.1, 0.15) is 5.75 Å². The first kappa shape index (κ1) is 11.3. The van der Waals surface area contributed by atoms with Crippen molar-refractivity contribution in [3.63, 3.8) is 0 Å². The molecule has 2 atom stereocenters. The Balaban J connectivity index is 2.36. The van der Waals surface area contributed by atoms with Crippen molar-refractivity contribution in [1.29, 1.82) is 0 Å². The van der Waals surface area contributed by atoms with Crippen molar-refractivity contribution in [3.05, 3.63) is 23.8 Å². The molecule has 0 bridgehead atoms. The number of anilines is 1. The minimum Gasteiger partial charge on any atom is -0.497 e. The molecule has 16 heavy (non-hydrogen) atoms. The fourth-order valence-corrected chi connectivity index (χ4v) is 2.40. The number of methoxy groups -OCH3 is 1. The predicted molar refractivity (Wildman–Crippen MR) is 68.2 cm³/mol. The molecular weight excluding hydrogens is 198 g/mol. The minimum absolute atomic E-state index is 0.208. The van der Waals surface area contributed by atoms with Crippen LogP contribution < -0.4 is 10.1 Å². The zero-order valence-corrected chi connectivity index (χ0v) is 10.6. The summed E-state index contributed by atoms with van der Waals surface area (Å²) in [6.45, 7) is 6.87. The zero-order chi connectivity index (χ0) is 11.8. The first-order chi connectivity index (χ1) is 7.59. The first-order valence-corrected chi connectivity index (χ1v) is 6.04. The number of benzene rings is 1. The molecule has 2 unspecified atom stereocenters. The van der Waals surface area contributed by atoms with Crippen molar-refractivity contribution in [2.75, 3.05) is 12.4 Å². The molecule has 0 aromatic heterocycles. The van der Waals surface area contributed by atoms with E-state index in [0.29, 0.717) is 5.92 Å². The average Bonchev–Trinajstić information content (AvgIpc) is 2.30. The lowest BCUT2D eigenvalue weighted by Gasteiger charge is -2.42. The minimum atomic E-state index is 0.208. The Bertz CT molecular complexity index is 388. The number of hydrogen-bond donors (Lipinski definition) is 1. The van der Waals surface area contributed by atoms with Gasteiger partial charge in [-0.25, -0.2) is 0 Å². The fourth-order valence-electron chi connectivity index (χ4n) is 2.40. The van der Waals surface area contributed by atoms with Gasteiger partial charge < -0.3 is 10.1 Å². The molecule has 1 aromatic rings. The molecule has 2 nitrogen and oxygen atoms in total. The number of fused-ring (bicyclic) bond motifs is 1. The van der Waals surface area contributed by atoms with Crippen molar-refractivity contribution in [1.82, 2.24) is 0 Å². The standard InChI is InChI=1S/C14H21NO/c1-5-14(3)10(2)8-11-6-7-12(16-4)9-13(11)15-14/h6-7,9-10,15H,5,8H2,1-4H3. The molecule has 0 spiro atoms. The molecule has 0 aliphatic carbocycles. The van der Waals surface area contributed by atoms with Gasteiger partial charge in [-0.3, -0.25) is 0 Å². The Morgan fingerprint density at radius 2 is 2.25 bits per heavy atom.